The van der Waals surface area contributed by atoms with Gasteiger partial charge in [-0.25, -0.2) is 0 Å². The average Bonchev–Trinajstić information content (AvgIpc) is 2.73. The Bertz CT molecular complexity index is 461. The summed E-state index contributed by atoms with van der Waals surface area (Å²) in [5.41, 5.74) is 1.43. The van der Waals surface area contributed by atoms with E-state index >= 15 is 0 Å². The Kier molecular flexibility index (Phi) is 3.93. The number of aliphatic hydroxyl groups is 1. The highest BCUT2D eigenvalue weighted by atomic mass is 35.5. The molecule has 1 N–H and O–H groups in total. The first-order chi connectivity index (χ1) is 8.56. The number of likely N-dealkylation sites (tertiary alicyclic amines) is 1. The molecule has 0 saturated carbocycles. The van der Waals surface area contributed by atoms with Crippen molar-refractivity contribution in [3.63, 3.8) is 0 Å². The number of benzene rings is 1. The molecule has 98 valence electrons. The van der Waals surface area contributed by atoms with Crippen molar-refractivity contribution in [1.82, 2.24) is 4.90 Å². The zero-order valence-corrected chi connectivity index (χ0v) is 11.4. The van der Waals surface area contributed by atoms with Gasteiger partial charge >= 0.3 is 0 Å². The lowest BCUT2D eigenvalue weighted by atomic mass is 10.0. The molecule has 0 aliphatic carbocycles. The lowest BCUT2D eigenvalue weighted by molar-refractivity contribution is 0.0648. The highest BCUT2D eigenvalue weighted by Crippen LogP contribution is 2.28. The zero-order chi connectivity index (χ0) is 13.3. The second-order valence-corrected chi connectivity index (χ2v) is 5.33. The Morgan fingerprint density at radius 1 is 1.56 bits per heavy atom. The monoisotopic (exact) mass is 267 g/mol. The topological polar surface area (TPSA) is 40.5 Å². The molecular weight excluding hydrogens is 250 g/mol. The smallest absolute Gasteiger partial charge is 0.255 e. The van der Waals surface area contributed by atoms with Crippen LogP contribution in [0.25, 0.3) is 0 Å². The van der Waals surface area contributed by atoms with Crippen LogP contribution in [0.1, 0.15) is 29.3 Å². The Morgan fingerprint density at radius 3 is 2.94 bits per heavy atom. The first-order valence-corrected chi connectivity index (χ1v) is 6.61. The van der Waals surface area contributed by atoms with Crippen molar-refractivity contribution in [3.05, 3.63) is 34.3 Å². The molecule has 0 spiro atoms. The molecule has 1 aromatic rings. The fourth-order valence-electron chi connectivity index (χ4n) is 2.51. The van der Waals surface area contributed by atoms with Crippen LogP contribution in [0.15, 0.2) is 18.2 Å². The fourth-order valence-corrected chi connectivity index (χ4v) is 2.71. The van der Waals surface area contributed by atoms with E-state index in [0.29, 0.717) is 23.0 Å². The average molecular weight is 268 g/mol. The molecule has 1 aliphatic rings. The third-order valence-electron chi connectivity index (χ3n) is 3.75. The van der Waals surface area contributed by atoms with Crippen LogP contribution in [-0.4, -0.2) is 35.1 Å². The molecule has 1 fully saturated rings. The third kappa shape index (κ3) is 2.25. The summed E-state index contributed by atoms with van der Waals surface area (Å²) in [5.74, 6) is 0.259. The minimum atomic E-state index is -0.0888. The van der Waals surface area contributed by atoms with Gasteiger partial charge in [-0.15, -0.1) is 0 Å². The number of carbonyl (C=O) groups excluding carboxylic acids is 1. The van der Waals surface area contributed by atoms with Crippen LogP contribution in [-0.2, 0) is 0 Å². The van der Waals surface area contributed by atoms with Crippen molar-refractivity contribution in [2.75, 3.05) is 13.2 Å². The molecule has 2 unspecified atom stereocenters. The predicted molar refractivity (Wildman–Crippen MR) is 71.9 cm³/mol. The van der Waals surface area contributed by atoms with Gasteiger partial charge in [-0.3, -0.25) is 4.79 Å². The van der Waals surface area contributed by atoms with Crippen LogP contribution in [0.4, 0.5) is 0 Å². The lowest BCUT2D eigenvalue weighted by Crippen LogP contribution is -2.40. The van der Waals surface area contributed by atoms with Gasteiger partial charge < -0.3 is 10.0 Å². The zero-order valence-electron chi connectivity index (χ0n) is 10.7. The number of hydrogen-bond acceptors (Lipinski definition) is 2. The van der Waals surface area contributed by atoms with E-state index in [2.05, 4.69) is 6.92 Å². The first kappa shape index (κ1) is 13.4. The van der Waals surface area contributed by atoms with Crippen LogP contribution in [0, 0.1) is 12.8 Å². The highest BCUT2D eigenvalue weighted by molar-refractivity contribution is 6.34. The maximum absolute atomic E-state index is 12.5. The minimum absolute atomic E-state index is 0.0103. The molecule has 2 rings (SSSR count). The van der Waals surface area contributed by atoms with Gasteiger partial charge in [0, 0.05) is 6.54 Å². The van der Waals surface area contributed by atoms with Gasteiger partial charge in [0.25, 0.3) is 5.91 Å². The number of aryl methyl sites for hydroxylation is 1. The maximum atomic E-state index is 12.5. The Morgan fingerprint density at radius 2 is 2.28 bits per heavy atom. The van der Waals surface area contributed by atoms with Crippen LogP contribution in [0.3, 0.4) is 0 Å². The lowest BCUT2D eigenvalue weighted by Gasteiger charge is -2.25. The summed E-state index contributed by atoms with van der Waals surface area (Å²) < 4.78 is 0. The molecular formula is C14H18ClNO2. The van der Waals surface area contributed by atoms with Crippen molar-refractivity contribution < 1.29 is 9.90 Å². The molecule has 1 saturated heterocycles. The van der Waals surface area contributed by atoms with Crippen molar-refractivity contribution >= 4 is 17.5 Å². The summed E-state index contributed by atoms with van der Waals surface area (Å²) in [4.78, 5) is 14.2. The van der Waals surface area contributed by atoms with E-state index < -0.39 is 0 Å². The van der Waals surface area contributed by atoms with Crippen LogP contribution in [0.5, 0.6) is 0 Å². The normalized spacial score (nSPS) is 23.4. The molecule has 18 heavy (non-hydrogen) atoms. The molecule has 3 nitrogen and oxygen atoms in total. The minimum Gasteiger partial charge on any atom is -0.394 e. The maximum Gasteiger partial charge on any atom is 0.255 e. The molecule has 4 heteroatoms. The number of hydrogen-bond donors (Lipinski definition) is 1. The van der Waals surface area contributed by atoms with Gasteiger partial charge in [0.2, 0.25) is 0 Å². The van der Waals surface area contributed by atoms with Gasteiger partial charge in [-0.2, -0.15) is 0 Å². The summed E-state index contributed by atoms with van der Waals surface area (Å²) in [7, 11) is 0. The van der Waals surface area contributed by atoms with E-state index in [1.54, 1.807) is 11.0 Å². The van der Waals surface area contributed by atoms with Gasteiger partial charge in [0.15, 0.2) is 0 Å². The molecule has 1 amide bonds. The van der Waals surface area contributed by atoms with Crippen LogP contribution >= 0.6 is 11.6 Å². The molecule has 0 bridgehead atoms. The fraction of sp³-hybridized carbons (Fsp3) is 0.500. The Balaban J connectivity index is 2.29. The Labute approximate surface area is 112 Å². The van der Waals surface area contributed by atoms with Crippen molar-refractivity contribution in [2.24, 2.45) is 5.92 Å². The van der Waals surface area contributed by atoms with Gasteiger partial charge in [-0.1, -0.05) is 30.7 Å². The highest BCUT2D eigenvalue weighted by Gasteiger charge is 2.34. The molecule has 1 aromatic carbocycles. The molecule has 1 aliphatic heterocycles. The quantitative estimate of drug-likeness (QED) is 0.894. The second-order valence-electron chi connectivity index (χ2n) is 4.95. The largest absolute Gasteiger partial charge is 0.394 e. The van der Waals surface area contributed by atoms with E-state index in [4.69, 9.17) is 11.6 Å². The van der Waals surface area contributed by atoms with Gasteiger partial charge in [0.1, 0.15) is 0 Å². The van der Waals surface area contributed by atoms with Crippen LogP contribution < -0.4 is 0 Å². The Hall–Kier alpha value is -1.06. The standard InChI is InChI=1S/C14H18ClNO2/c1-9-6-7-16(12(9)8-17)14(18)11-5-3-4-10(2)13(11)15/h3-5,9,12,17H,6-8H2,1-2H3. The van der Waals surface area contributed by atoms with Gasteiger partial charge in [0.05, 0.1) is 23.2 Å². The van der Waals surface area contributed by atoms with Crippen molar-refractivity contribution in [3.8, 4) is 0 Å². The first-order valence-electron chi connectivity index (χ1n) is 6.23. The molecule has 0 radical (unpaired) electrons. The van der Waals surface area contributed by atoms with Gasteiger partial charge in [-0.05, 0) is 30.9 Å². The molecule has 0 aromatic heterocycles. The second kappa shape index (κ2) is 5.29. The summed E-state index contributed by atoms with van der Waals surface area (Å²) in [6, 6.07) is 5.38. The number of carbonyl (C=O) groups is 1. The van der Waals surface area contributed by atoms with E-state index in [-0.39, 0.29) is 18.6 Å². The van der Waals surface area contributed by atoms with E-state index in [1.165, 1.54) is 0 Å². The summed E-state index contributed by atoms with van der Waals surface area (Å²) in [6.45, 7) is 4.65. The number of amides is 1. The van der Waals surface area contributed by atoms with Crippen LogP contribution in [0.2, 0.25) is 5.02 Å². The van der Waals surface area contributed by atoms with E-state index in [9.17, 15) is 9.90 Å². The van der Waals surface area contributed by atoms with Crippen molar-refractivity contribution in [2.45, 2.75) is 26.3 Å². The molecule has 1 heterocycles. The number of nitrogens with zero attached hydrogens (tertiary/aromatic N) is 1. The number of rotatable bonds is 2. The number of aliphatic hydroxyl groups excluding tert-OH is 1. The third-order valence-corrected chi connectivity index (χ3v) is 4.25. The molecule has 2 atom stereocenters. The van der Waals surface area contributed by atoms with E-state index in [1.807, 2.05) is 19.1 Å². The number of halogens is 1. The SMILES string of the molecule is Cc1cccc(C(=O)N2CCC(C)C2CO)c1Cl. The predicted octanol–water partition coefficient (Wildman–Crippen LogP) is 2.49. The summed E-state index contributed by atoms with van der Waals surface area (Å²) in [5, 5.41) is 9.91. The summed E-state index contributed by atoms with van der Waals surface area (Å²) in [6.07, 6.45) is 0.931. The summed E-state index contributed by atoms with van der Waals surface area (Å²) >= 11 is 6.18. The van der Waals surface area contributed by atoms with E-state index in [0.717, 1.165) is 12.0 Å². The van der Waals surface area contributed by atoms with Crippen molar-refractivity contribution in [1.29, 1.82) is 0 Å².